The molecule has 0 aliphatic carbocycles. The molecule has 0 bridgehead atoms. The second-order valence-electron chi connectivity index (χ2n) is 2.52. The zero-order valence-corrected chi connectivity index (χ0v) is 6.97. The van der Waals surface area contributed by atoms with Gasteiger partial charge in [-0.05, 0) is 0 Å². The van der Waals surface area contributed by atoms with Crippen molar-refractivity contribution in [3.05, 3.63) is 0 Å². The van der Waals surface area contributed by atoms with E-state index in [-0.39, 0.29) is 0 Å². The van der Waals surface area contributed by atoms with E-state index in [1.54, 1.807) is 5.32 Å². The molecule has 0 aromatic carbocycles. The lowest BCUT2D eigenvalue weighted by molar-refractivity contribution is -0.154. The molecular weight excluding hydrogens is 205 g/mol. The van der Waals surface area contributed by atoms with E-state index >= 15 is 0 Å². The molecule has 1 atom stereocenters. The number of carbonyl (C=O) groups excluding carboxylic acids is 1. The largest absolute Gasteiger partial charge is 0.480 e. The second-order valence-corrected chi connectivity index (χ2v) is 2.52. The quantitative estimate of drug-likeness (QED) is 0.586. The fourth-order valence-electron chi connectivity index (χ4n) is 0.562. The molecule has 0 radical (unpaired) electrons. The Morgan fingerprint density at radius 2 is 1.93 bits per heavy atom. The first kappa shape index (κ1) is 12.7. The van der Waals surface area contributed by atoms with E-state index in [2.05, 4.69) is 5.73 Å². The van der Waals surface area contributed by atoms with Crippen molar-refractivity contribution in [1.82, 2.24) is 5.32 Å². The van der Waals surface area contributed by atoms with Crippen molar-refractivity contribution >= 4 is 11.9 Å². The van der Waals surface area contributed by atoms with Gasteiger partial charge in [-0.3, -0.25) is 9.59 Å². The molecule has 0 aliphatic heterocycles. The van der Waals surface area contributed by atoms with Crippen LogP contribution in [0.15, 0.2) is 0 Å². The number of nitrogens with two attached hydrogens (primary N) is 1. The summed E-state index contributed by atoms with van der Waals surface area (Å²) in [6, 6.07) is -2.27. The predicted octanol–water partition coefficient (Wildman–Crippen LogP) is -0.533. The van der Waals surface area contributed by atoms with Crippen LogP contribution in [0.25, 0.3) is 0 Å². The van der Waals surface area contributed by atoms with Gasteiger partial charge in [0, 0.05) is 0 Å². The molecule has 14 heavy (non-hydrogen) atoms. The zero-order valence-electron chi connectivity index (χ0n) is 6.97. The number of alkyl halides is 3. The number of aliphatic carboxylic acids is 1. The van der Waals surface area contributed by atoms with Crippen LogP contribution in [0.5, 0.6) is 0 Å². The van der Waals surface area contributed by atoms with Gasteiger partial charge in [-0.15, -0.1) is 0 Å². The summed E-state index contributed by atoms with van der Waals surface area (Å²) >= 11 is 0. The Morgan fingerprint density at radius 1 is 1.43 bits per heavy atom. The number of halogens is 3. The van der Waals surface area contributed by atoms with Crippen molar-refractivity contribution in [3.8, 4) is 0 Å². The maximum atomic E-state index is 11.8. The number of rotatable bonds is 4. The van der Waals surface area contributed by atoms with Crippen molar-refractivity contribution in [1.29, 1.82) is 0 Å². The first-order chi connectivity index (χ1) is 6.23. The molecule has 0 spiro atoms. The van der Waals surface area contributed by atoms with Gasteiger partial charge in [-0.25, -0.2) is 0 Å². The molecule has 1 amide bonds. The summed E-state index contributed by atoms with van der Waals surface area (Å²) in [4.78, 5) is 20.6. The summed E-state index contributed by atoms with van der Waals surface area (Å²) in [5.41, 5.74) is 4.62. The van der Waals surface area contributed by atoms with Gasteiger partial charge in [0.1, 0.15) is 12.6 Å². The third-order valence-corrected chi connectivity index (χ3v) is 1.26. The maximum absolute atomic E-state index is 11.8. The van der Waals surface area contributed by atoms with Gasteiger partial charge in [-0.2, -0.15) is 13.2 Å². The third-order valence-electron chi connectivity index (χ3n) is 1.26. The van der Waals surface area contributed by atoms with Gasteiger partial charge in [0.15, 0.2) is 0 Å². The predicted molar refractivity (Wildman–Crippen MR) is 39.3 cm³/mol. The van der Waals surface area contributed by atoms with Crippen LogP contribution in [0, 0.1) is 0 Å². The third kappa shape index (κ3) is 5.36. The van der Waals surface area contributed by atoms with Gasteiger partial charge < -0.3 is 16.2 Å². The van der Waals surface area contributed by atoms with Crippen molar-refractivity contribution in [2.24, 2.45) is 5.73 Å². The molecule has 0 saturated carbocycles. The summed E-state index contributed by atoms with van der Waals surface area (Å²) in [6.07, 6.45) is -5.63. The number of hydrogen-bond acceptors (Lipinski definition) is 3. The summed E-state index contributed by atoms with van der Waals surface area (Å²) < 4.78 is 35.4. The highest BCUT2D eigenvalue weighted by molar-refractivity contribution is 5.81. The first-order valence-electron chi connectivity index (χ1n) is 3.54. The fourth-order valence-corrected chi connectivity index (χ4v) is 0.562. The van der Waals surface area contributed by atoms with E-state index in [1.165, 1.54) is 0 Å². The molecule has 0 heterocycles. The molecule has 5 nitrogen and oxygen atoms in total. The average molecular weight is 214 g/mol. The summed E-state index contributed by atoms with van der Waals surface area (Å²) in [6.45, 7) is -0.719. The number of amides is 1. The Morgan fingerprint density at radius 3 is 2.29 bits per heavy atom. The molecule has 0 aliphatic rings. The second kappa shape index (κ2) is 4.80. The van der Waals surface area contributed by atoms with Crippen LogP contribution in [0.2, 0.25) is 0 Å². The molecule has 0 fully saturated rings. The zero-order chi connectivity index (χ0) is 11.4. The number of carbonyl (C=O) groups is 2. The van der Waals surface area contributed by atoms with Crippen molar-refractivity contribution in [2.75, 3.05) is 6.54 Å². The number of nitrogens with one attached hydrogen (secondary N) is 1. The van der Waals surface area contributed by atoms with E-state index in [1.807, 2.05) is 0 Å². The Balaban J connectivity index is 3.89. The molecule has 82 valence electrons. The average Bonchev–Trinajstić information content (AvgIpc) is 1.99. The first-order valence-corrected chi connectivity index (χ1v) is 3.54. The summed E-state index contributed by atoms with van der Waals surface area (Å²) in [5, 5.41) is 9.85. The van der Waals surface area contributed by atoms with Crippen molar-refractivity contribution in [2.45, 2.75) is 18.6 Å². The van der Waals surface area contributed by atoms with E-state index in [0.717, 1.165) is 0 Å². The molecule has 4 N–H and O–H groups in total. The smallest absolute Gasteiger partial charge is 0.404 e. The van der Waals surface area contributed by atoms with Gasteiger partial charge >= 0.3 is 12.1 Å². The normalized spacial score (nSPS) is 13.4. The lowest BCUT2D eigenvalue weighted by Crippen LogP contribution is -2.42. The van der Waals surface area contributed by atoms with Crippen molar-refractivity contribution < 1.29 is 27.9 Å². The molecule has 0 rings (SSSR count). The number of carboxylic acid groups (broad SMARTS) is 1. The van der Waals surface area contributed by atoms with Crippen LogP contribution in [0.4, 0.5) is 13.2 Å². The van der Waals surface area contributed by atoms with Gasteiger partial charge in [-0.1, -0.05) is 0 Å². The highest BCUT2D eigenvalue weighted by atomic mass is 19.4. The van der Waals surface area contributed by atoms with E-state index in [0.29, 0.717) is 0 Å². The highest BCUT2D eigenvalue weighted by Gasteiger charge is 2.37. The molecular formula is C6H9F3N2O3. The summed E-state index contributed by atoms with van der Waals surface area (Å²) in [5.74, 6) is -2.38. The van der Waals surface area contributed by atoms with Crippen LogP contribution in [-0.2, 0) is 9.59 Å². The van der Waals surface area contributed by atoms with Gasteiger partial charge in [0.2, 0.25) is 5.91 Å². The monoisotopic (exact) mass is 214 g/mol. The molecule has 0 unspecified atom stereocenters. The van der Waals surface area contributed by atoms with Crippen LogP contribution in [-0.4, -0.2) is 35.7 Å². The maximum Gasteiger partial charge on any atom is 0.404 e. The van der Waals surface area contributed by atoms with Crippen molar-refractivity contribution in [3.63, 3.8) is 0 Å². The molecule has 0 saturated heterocycles. The van der Waals surface area contributed by atoms with Gasteiger partial charge in [0.25, 0.3) is 0 Å². The Kier molecular flexibility index (Phi) is 4.35. The molecule has 8 heteroatoms. The number of hydrogen-bond donors (Lipinski definition) is 3. The van der Waals surface area contributed by atoms with Crippen LogP contribution in [0.1, 0.15) is 6.42 Å². The Hall–Kier alpha value is -1.31. The summed E-state index contributed by atoms with van der Waals surface area (Å²) in [7, 11) is 0. The van der Waals surface area contributed by atoms with E-state index in [9.17, 15) is 22.8 Å². The Bertz CT molecular complexity index is 229. The molecule has 0 aromatic heterocycles. The fraction of sp³-hybridized carbons (Fsp3) is 0.667. The topological polar surface area (TPSA) is 92.4 Å². The van der Waals surface area contributed by atoms with E-state index in [4.69, 9.17) is 5.11 Å². The SMILES string of the molecule is N[C@@H](CC(=O)NCC(=O)O)C(F)(F)F. The molecule has 0 aromatic rings. The minimum absolute atomic E-state index is 0.719. The minimum Gasteiger partial charge on any atom is -0.480 e. The standard InChI is InChI=1S/C6H9F3N2O3/c7-6(8,9)3(10)1-4(12)11-2-5(13)14/h3H,1-2,10H2,(H,11,12)(H,13,14)/t3-/m0/s1. The Labute approximate surface area is 77.1 Å². The number of carboxylic acids is 1. The van der Waals surface area contributed by atoms with Crippen LogP contribution >= 0.6 is 0 Å². The van der Waals surface area contributed by atoms with Crippen LogP contribution in [0.3, 0.4) is 0 Å². The van der Waals surface area contributed by atoms with E-state index < -0.39 is 37.1 Å². The lowest BCUT2D eigenvalue weighted by Gasteiger charge is -2.14. The lowest BCUT2D eigenvalue weighted by atomic mass is 10.2. The minimum atomic E-state index is -4.65. The van der Waals surface area contributed by atoms with Gasteiger partial charge in [0.05, 0.1) is 6.42 Å². The van der Waals surface area contributed by atoms with Crippen LogP contribution < -0.4 is 11.1 Å². The highest BCUT2D eigenvalue weighted by Crippen LogP contribution is 2.20.